The van der Waals surface area contributed by atoms with Crippen LogP contribution in [0.2, 0.25) is 0 Å². The van der Waals surface area contributed by atoms with E-state index in [1.165, 1.54) is 24.3 Å². The fourth-order valence-corrected chi connectivity index (χ4v) is 2.61. The zero-order valence-corrected chi connectivity index (χ0v) is 13.2. The van der Waals surface area contributed by atoms with Crippen LogP contribution in [0.25, 0.3) is 0 Å². The molecule has 1 amide bonds. The van der Waals surface area contributed by atoms with Crippen LogP contribution < -0.4 is 11.1 Å². The van der Waals surface area contributed by atoms with E-state index in [2.05, 4.69) is 5.32 Å². The molecule has 7 heteroatoms. The lowest BCUT2D eigenvalue weighted by atomic mass is 10.0. The standard InChI is InChI=1S/C13H18N2O3S2/c1-8(2)11(12(14)19)15-13(16)9-4-6-10(7-5-9)20(3,17)18/h4-8,11H,1-3H3,(H2,14,19)(H,15,16). The minimum absolute atomic E-state index is 0.0757. The first-order valence-corrected chi connectivity index (χ1v) is 8.33. The van der Waals surface area contributed by atoms with E-state index in [1.807, 2.05) is 13.8 Å². The van der Waals surface area contributed by atoms with Crippen molar-refractivity contribution in [1.82, 2.24) is 5.32 Å². The van der Waals surface area contributed by atoms with Crippen LogP contribution in [0, 0.1) is 5.92 Å². The van der Waals surface area contributed by atoms with Crippen LogP contribution >= 0.6 is 12.2 Å². The highest BCUT2D eigenvalue weighted by atomic mass is 32.2. The van der Waals surface area contributed by atoms with Gasteiger partial charge in [0, 0.05) is 11.8 Å². The Hall–Kier alpha value is -1.47. The molecule has 1 atom stereocenters. The van der Waals surface area contributed by atoms with Gasteiger partial charge in [-0.3, -0.25) is 4.79 Å². The summed E-state index contributed by atoms with van der Waals surface area (Å²) in [6.07, 6.45) is 1.11. The van der Waals surface area contributed by atoms with Crippen LogP contribution in [0.4, 0.5) is 0 Å². The molecule has 0 spiro atoms. The highest BCUT2D eigenvalue weighted by molar-refractivity contribution is 7.90. The van der Waals surface area contributed by atoms with Crippen molar-refractivity contribution >= 4 is 33.0 Å². The van der Waals surface area contributed by atoms with Crippen LogP contribution in [-0.4, -0.2) is 31.6 Å². The Kier molecular flexibility index (Phi) is 5.24. The highest BCUT2D eigenvalue weighted by Crippen LogP contribution is 2.11. The summed E-state index contributed by atoms with van der Waals surface area (Å²) in [6, 6.07) is 5.32. The Balaban J connectivity index is 2.91. The maximum atomic E-state index is 12.0. The number of hydrogen-bond donors (Lipinski definition) is 2. The summed E-state index contributed by atoms with van der Waals surface area (Å²) in [7, 11) is -3.27. The zero-order valence-electron chi connectivity index (χ0n) is 11.6. The molecule has 1 rings (SSSR count). The van der Waals surface area contributed by atoms with Crippen LogP contribution in [0.5, 0.6) is 0 Å². The van der Waals surface area contributed by atoms with E-state index < -0.39 is 15.9 Å². The fraction of sp³-hybridized carbons (Fsp3) is 0.385. The molecule has 5 nitrogen and oxygen atoms in total. The van der Waals surface area contributed by atoms with Gasteiger partial charge in [0.1, 0.15) is 0 Å². The Labute approximate surface area is 124 Å². The molecular formula is C13H18N2O3S2. The molecule has 0 fully saturated rings. The second kappa shape index (κ2) is 6.32. The Morgan fingerprint density at radius 2 is 1.75 bits per heavy atom. The first-order chi connectivity index (χ1) is 9.12. The quantitative estimate of drug-likeness (QED) is 0.795. The third kappa shape index (κ3) is 4.28. The summed E-state index contributed by atoms with van der Waals surface area (Å²) in [5.74, 6) is -0.261. The van der Waals surface area contributed by atoms with Crippen molar-refractivity contribution in [3.8, 4) is 0 Å². The normalized spacial score (nSPS) is 13.0. The number of carbonyl (C=O) groups excluding carboxylic acids is 1. The molecule has 1 unspecified atom stereocenters. The molecule has 1 aromatic carbocycles. The zero-order chi connectivity index (χ0) is 15.5. The summed E-state index contributed by atoms with van der Waals surface area (Å²) in [5.41, 5.74) is 5.94. The lowest BCUT2D eigenvalue weighted by molar-refractivity contribution is 0.0940. The van der Waals surface area contributed by atoms with Gasteiger partial charge in [-0.05, 0) is 30.2 Å². The van der Waals surface area contributed by atoms with Crippen molar-refractivity contribution in [1.29, 1.82) is 0 Å². The van der Waals surface area contributed by atoms with Gasteiger partial charge in [-0.15, -0.1) is 0 Å². The van der Waals surface area contributed by atoms with E-state index >= 15 is 0 Å². The molecule has 0 saturated carbocycles. The molecule has 0 aromatic heterocycles. The van der Waals surface area contributed by atoms with E-state index in [4.69, 9.17) is 18.0 Å². The SMILES string of the molecule is CC(C)C(NC(=O)c1ccc(S(C)(=O)=O)cc1)C(N)=S. The molecule has 1 aromatic rings. The largest absolute Gasteiger partial charge is 0.392 e. The Morgan fingerprint density at radius 3 is 2.10 bits per heavy atom. The second-order valence-electron chi connectivity index (χ2n) is 4.89. The van der Waals surface area contributed by atoms with Gasteiger partial charge >= 0.3 is 0 Å². The molecule has 0 aliphatic rings. The van der Waals surface area contributed by atoms with Crippen molar-refractivity contribution in [2.24, 2.45) is 11.7 Å². The first kappa shape index (κ1) is 16.6. The van der Waals surface area contributed by atoms with E-state index in [0.717, 1.165) is 6.26 Å². The monoisotopic (exact) mass is 314 g/mol. The van der Waals surface area contributed by atoms with Crippen LogP contribution in [0.1, 0.15) is 24.2 Å². The second-order valence-corrected chi connectivity index (χ2v) is 7.38. The number of rotatable bonds is 5. The first-order valence-electron chi connectivity index (χ1n) is 6.03. The average molecular weight is 314 g/mol. The number of thiocarbonyl (C=S) groups is 1. The number of amides is 1. The minimum Gasteiger partial charge on any atom is -0.392 e. The lowest BCUT2D eigenvalue weighted by Crippen LogP contribution is -2.46. The molecule has 20 heavy (non-hydrogen) atoms. The van der Waals surface area contributed by atoms with E-state index in [1.54, 1.807) is 0 Å². The molecule has 0 aliphatic heterocycles. The molecule has 0 saturated heterocycles. The van der Waals surface area contributed by atoms with Crippen LogP contribution in [0.3, 0.4) is 0 Å². The summed E-state index contributed by atoms with van der Waals surface area (Å²) in [6.45, 7) is 3.80. The van der Waals surface area contributed by atoms with Gasteiger partial charge in [-0.2, -0.15) is 0 Å². The third-order valence-corrected chi connectivity index (χ3v) is 4.19. The predicted molar refractivity (Wildman–Crippen MR) is 82.4 cm³/mol. The minimum atomic E-state index is -3.27. The van der Waals surface area contributed by atoms with E-state index in [0.29, 0.717) is 5.56 Å². The van der Waals surface area contributed by atoms with Crippen molar-refractivity contribution in [3.05, 3.63) is 29.8 Å². The van der Waals surface area contributed by atoms with Gasteiger partial charge < -0.3 is 11.1 Å². The van der Waals surface area contributed by atoms with E-state index in [-0.39, 0.29) is 21.7 Å². The summed E-state index contributed by atoms with van der Waals surface area (Å²) in [5, 5.41) is 2.74. The number of sulfone groups is 1. The molecule has 0 radical (unpaired) electrons. The van der Waals surface area contributed by atoms with Crippen molar-refractivity contribution < 1.29 is 13.2 Å². The van der Waals surface area contributed by atoms with Crippen LogP contribution in [0.15, 0.2) is 29.2 Å². The molecule has 0 bridgehead atoms. The molecule has 3 N–H and O–H groups in total. The Bertz CT molecular complexity index is 607. The lowest BCUT2D eigenvalue weighted by Gasteiger charge is -2.21. The fourth-order valence-electron chi connectivity index (χ4n) is 1.64. The van der Waals surface area contributed by atoms with E-state index in [9.17, 15) is 13.2 Å². The maximum Gasteiger partial charge on any atom is 0.251 e. The number of nitrogens with one attached hydrogen (secondary N) is 1. The average Bonchev–Trinajstić information content (AvgIpc) is 2.34. The van der Waals surface area contributed by atoms with Crippen molar-refractivity contribution in [2.45, 2.75) is 24.8 Å². The van der Waals surface area contributed by atoms with Crippen molar-refractivity contribution in [2.75, 3.05) is 6.26 Å². The predicted octanol–water partition coefficient (Wildman–Crippen LogP) is 1.13. The smallest absolute Gasteiger partial charge is 0.251 e. The van der Waals surface area contributed by atoms with Gasteiger partial charge in [0.05, 0.1) is 15.9 Å². The Morgan fingerprint density at radius 1 is 1.25 bits per heavy atom. The number of benzene rings is 1. The number of nitrogens with two attached hydrogens (primary N) is 1. The van der Waals surface area contributed by atoms with Gasteiger partial charge in [-0.25, -0.2) is 8.42 Å². The molecule has 110 valence electrons. The maximum absolute atomic E-state index is 12.0. The van der Waals surface area contributed by atoms with Crippen molar-refractivity contribution in [3.63, 3.8) is 0 Å². The summed E-state index contributed by atoms with van der Waals surface area (Å²) in [4.78, 5) is 12.4. The molecule has 0 heterocycles. The third-order valence-electron chi connectivity index (χ3n) is 2.80. The number of hydrogen-bond acceptors (Lipinski definition) is 4. The highest BCUT2D eigenvalue weighted by Gasteiger charge is 2.19. The van der Waals surface area contributed by atoms with Gasteiger partial charge in [0.15, 0.2) is 9.84 Å². The molecule has 0 aliphatic carbocycles. The van der Waals surface area contributed by atoms with Gasteiger partial charge in [0.25, 0.3) is 5.91 Å². The van der Waals surface area contributed by atoms with Gasteiger partial charge in [-0.1, -0.05) is 26.1 Å². The molecular weight excluding hydrogens is 296 g/mol. The summed E-state index contributed by atoms with van der Waals surface area (Å²) < 4.78 is 22.7. The van der Waals surface area contributed by atoms with Gasteiger partial charge in [0.2, 0.25) is 0 Å². The number of carbonyl (C=O) groups is 1. The summed E-state index contributed by atoms with van der Waals surface area (Å²) >= 11 is 4.91. The topological polar surface area (TPSA) is 89.3 Å². The van der Waals surface area contributed by atoms with Crippen LogP contribution in [-0.2, 0) is 9.84 Å².